The lowest BCUT2D eigenvalue weighted by atomic mass is 9.85. The lowest BCUT2D eigenvalue weighted by Crippen LogP contribution is -2.43. The molecule has 0 aliphatic carbocycles. The lowest BCUT2D eigenvalue weighted by molar-refractivity contribution is -0.132. The molecule has 4 rings (SSSR count). The summed E-state index contributed by atoms with van der Waals surface area (Å²) in [5.74, 6) is -0.445. The van der Waals surface area contributed by atoms with E-state index in [9.17, 15) is 14.4 Å². The van der Waals surface area contributed by atoms with E-state index in [0.29, 0.717) is 17.2 Å². The number of nitrogens with one attached hydrogen (secondary N) is 1. The molecule has 2 heterocycles. The summed E-state index contributed by atoms with van der Waals surface area (Å²) in [6.07, 6.45) is 1.24. The third-order valence-electron chi connectivity index (χ3n) is 5.69. The van der Waals surface area contributed by atoms with Gasteiger partial charge in [-0.3, -0.25) is 19.4 Å². The molecule has 0 spiro atoms. The summed E-state index contributed by atoms with van der Waals surface area (Å²) in [6, 6.07) is 16.5. The number of thiazole rings is 1. The summed E-state index contributed by atoms with van der Waals surface area (Å²) in [7, 11) is 0. The largest absolute Gasteiger partial charge is 0.325 e. The maximum absolute atomic E-state index is 13.5. The Balaban J connectivity index is 1.61. The van der Waals surface area contributed by atoms with Crippen LogP contribution in [0.3, 0.4) is 0 Å². The summed E-state index contributed by atoms with van der Waals surface area (Å²) >= 11 is 1.30. The molecule has 3 aromatic rings. The first-order valence-corrected chi connectivity index (χ1v) is 11.7. The second-order valence-corrected chi connectivity index (χ2v) is 8.99. The van der Waals surface area contributed by atoms with E-state index >= 15 is 0 Å². The lowest BCUT2D eigenvalue weighted by Gasteiger charge is -2.26. The number of benzene rings is 2. The van der Waals surface area contributed by atoms with Crippen molar-refractivity contribution in [1.29, 1.82) is 0 Å². The molecule has 0 radical (unpaired) electrons. The predicted molar refractivity (Wildman–Crippen MR) is 128 cm³/mol. The van der Waals surface area contributed by atoms with E-state index in [0.717, 1.165) is 23.2 Å². The number of nitrogens with zero attached hydrogens (tertiary/aromatic N) is 3. The standard InChI is InChI=1S/C25H26N4O3S/c1-4-13-25(19-10-6-5-7-11-19)22(31)28(23(32)27-25)15-20-16-33-24(26-20)29(18(3)30)21-12-8-9-17(2)14-21/h5-12,14,16H,4,13,15H2,1-3H3,(H,27,32). The highest BCUT2D eigenvalue weighted by Gasteiger charge is 2.51. The topological polar surface area (TPSA) is 82.6 Å². The second-order valence-electron chi connectivity index (χ2n) is 8.16. The molecule has 1 aliphatic rings. The molecular weight excluding hydrogens is 436 g/mol. The third kappa shape index (κ3) is 4.26. The normalized spacial score (nSPS) is 17.8. The Labute approximate surface area is 197 Å². The molecule has 1 aliphatic heterocycles. The number of anilines is 2. The van der Waals surface area contributed by atoms with Crippen molar-refractivity contribution in [2.45, 2.75) is 45.7 Å². The zero-order valence-corrected chi connectivity index (χ0v) is 19.7. The quantitative estimate of drug-likeness (QED) is 0.507. The van der Waals surface area contributed by atoms with Gasteiger partial charge in [0.15, 0.2) is 5.13 Å². The molecule has 1 fully saturated rings. The number of aromatic nitrogens is 1. The highest BCUT2D eigenvalue weighted by Crippen LogP contribution is 2.35. The summed E-state index contributed by atoms with van der Waals surface area (Å²) in [5, 5.41) is 5.21. The van der Waals surface area contributed by atoms with Gasteiger partial charge in [0.1, 0.15) is 5.54 Å². The molecule has 7 nitrogen and oxygen atoms in total. The summed E-state index contributed by atoms with van der Waals surface area (Å²) in [6.45, 7) is 5.47. The van der Waals surface area contributed by atoms with E-state index in [1.54, 1.807) is 10.3 Å². The maximum Gasteiger partial charge on any atom is 0.325 e. The molecule has 0 bridgehead atoms. The van der Waals surface area contributed by atoms with E-state index in [4.69, 9.17) is 0 Å². The zero-order chi connectivity index (χ0) is 23.6. The molecule has 1 atom stereocenters. The maximum atomic E-state index is 13.5. The van der Waals surface area contributed by atoms with Crippen molar-refractivity contribution in [3.63, 3.8) is 0 Å². The van der Waals surface area contributed by atoms with E-state index in [2.05, 4.69) is 10.3 Å². The van der Waals surface area contributed by atoms with Crippen LogP contribution in [-0.2, 0) is 21.7 Å². The molecule has 33 heavy (non-hydrogen) atoms. The smallest absolute Gasteiger partial charge is 0.319 e. The van der Waals surface area contributed by atoms with Gasteiger partial charge >= 0.3 is 6.03 Å². The Morgan fingerprint density at radius 2 is 1.91 bits per heavy atom. The van der Waals surface area contributed by atoms with Crippen molar-refractivity contribution >= 4 is 40.0 Å². The van der Waals surface area contributed by atoms with Gasteiger partial charge < -0.3 is 5.32 Å². The number of carbonyl (C=O) groups is 3. The SMILES string of the molecule is CCCC1(c2ccccc2)NC(=O)N(Cc2csc(N(C(C)=O)c3cccc(C)c3)n2)C1=O. The summed E-state index contributed by atoms with van der Waals surface area (Å²) in [5.41, 5.74) is 2.01. The number of amides is 4. The minimum atomic E-state index is -1.07. The van der Waals surface area contributed by atoms with Crippen LogP contribution < -0.4 is 10.2 Å². The van der Waals surface area contributed by atoms with E-state index in [1.165, 1.54) is 23.2 Å². The number of hydrogen-bond donors (Lipinski definition) is 1. The monoisotopic (exact) mass is 462 g/mol. The molecule has 1 N–H and O–H groups in total. The molecule has 1 saturated heterocycles. The fourth-order valence-electron chi connectivity index (χ4n) is 4.20. The van der Waals surface area contributed by atoms with Crippen LogP contribution in [-0.4, -0.2) is 27.7 Å². The highest BCUT2D eigenvalue weighted by atomic mass is 32.1. The molecule has 1 unspecified atom stereocenters. The fourth-order valence-corrected chi connectivity index (χ4v) is 5.08. The van der Waals surface area contributed by atoms with Crippen molar-refractivity contribution < 1.29 is 14.4 Å². The number of imide groups is 1. The predicted octanol–water partition coefficient (Wildman–Crippen LogP) is 4.88. The van der Waals surface area contributed by atoms with Crippen LogP contribution in [0.15, 0.2) is 60.0 Å². The second kappa shape index (κ2) is 9.15. The minimum absolute atomic E-state index is 0.0407. The van der Waals surface area contributed by atoms with Crippen LogP contribution in [0, 0.1) is 6.92 Å². The number of rotatable bonds is 7. The van der Waals surface area contributed by atoms with Gasteiger partial charge in [0.25, 0.3) is 5.91 Å². The number of hydrogen-bond acceptors (Lipinski definition) is 5. The first-order chi connectivity index (χ1) is 15.9. The number of aryl methyl sites for hydroxylation is 1. The number of urea groups is 1. The average molecular weight is 463 g/mol. The Hall–Kier alpha value is -3.52. The van der Waals surface area contributed by atoms with E-state index in [1.807, 2.05) is 68.4 Å². The van der Waals surface area contributed by atoms with Crippen LogP contribution in [0.1, 0.15) is 43.5 Å². The van der Waals surface area contributed by atoms with E-state index < -0.39 is 11.6 Å². The third-order valence-corrected chi connectivity index (χ3v) is 6.57. The van der Waals surface area contributed by atoms with Crippen molar-refractivity contribution in [3.05, 3.63) is 76.8 Å². The molecular formula is C25H26N4O3S. The zero-order valence-electron chi connectivity index (χ0n) is 18.9. The van der Waals surface area contributed by atoms with Gasteiger partial charge in [-0.1, -0.05) is 55.8 Å². The van der Waals surface area contributed by atoms with Crippen LogP contribution in [0.4, 0.5) is 15.6 Å². The molecule has 2 aromatic carbocycles. The van der Waals surface area contributed by atoms with Gasteiger partial charge in [0.2, 0.25) is 5.91 Å². The van der Waals surface area contributed by atoms with Gasteiger partial charge in [-0.25, -0.2) is 9.78 Å². The molecule has 0 saturated carbocycles. The Morgan fingerprint density at radius 3 is 2.58 bits per heavy atom. The van der Waals surface area contributed by atoms with Crippen LogP contribution in [0.5, 0.6) is 0 Å². The van der Waals surface area contributed by atoms with Crippen molar-refractivity contribution in [2.24, 2.45) is 0 Å². The van der Waals surface area contributed by atoms with Gasteiger partial charge in [-0.2, -0.15) is 0 Å². The first kappa shape index (κ1) is 22.7. The Morgan fingerprint density at radius 1 is 1.15 bits per heavy atom. The molecule has 170 valence electrons. The Bertz CT molecular complexity index is 1190. The molecule has 8 heteroatoms. The van der Waals surface area contributed by atoms with Crippen molar-refractivity contribution in [3.8, 4) is 0 Å². The molecule has 1 aromatic heterocycles. The highest BCUT2D eigenvalue weighted by molar-refractivity contribution is 7.14. The van der Waals surface area contributed by atoms with Crippen LogP contribution >= 0.6 is 11.3 Å². The van der Waals surface area contributed by atoms with Gasteiger partial charge in [0.05, 0.1) is 17.9 Å². The first-order valence-electron chi connectivity index (χ1n) is 10.9. The van der Waals surface area contributed by atoms with Crippen molar-refractivity contribution in [2.75, 3.05) is 4.90 Å². The van der Waals surface area contributed by atoms with E-state index in [-0.39, 0.29) is 18.4 Å². The van der Waals surface area contributed by atoms with Gasteiger partial charge in [0, 0.05) is 12.3 Å². The summed E-state index contributed by atoms with van der Waals surface area (Å²) in [4.78, 5) is 46.1. The van der Waals surface area contributed by atoms with Crippen LogP contribution in [0.25, 0.3) is 0 Å². The fraction of sp³-hybridized carbons (Fsp3) is 0.280. The van der Waals surface area contributed by atoms with Crippen molar-refractivity contribution in [1.82, 2.24) is 15.2 Å². The number of carbonyl (C=O) groups excluding carboxylic acids is 3. The summed E-state index contributed by atoms with van der Waals surface area (Å²) < 4.78 is 0. The minimum Gasteiger partial charge on any atom is -0.319 e. The molecule has 4 amide bonds. The van der Waals surface area contributed by atoms with Gasteiger partial charge in [-0.15, -0.1) is 11.3 Å². The van der Waals surface area contributed by atoms with Gasteiger partial charge in [-0.05, 0) is 36.6 Å². The Kier molecular flexibility index (Phi) is 6.29. The van der Waals surface area contributed by atoms with Crippen LogP contribution in [0.2, 0.25) is 0 Å². The average Bonchev–Trinajstić information content (AvgIpc) is 3.33.